The molecule has 2 saturated heterocycles. The fourth-order valence-electron chi connectivity index (χ4n) is 4.17. The second kappa shape index (κ2) is 10.1. The highest BCUT2D eigenvalue weighted by molar-refractivity contribution is 7.16. The lowest BCUT2D eigenvalue weighted by atomic mass is 9.98. The zero-order valence-corrected chi connectivity index (χ0v) is 20.3. The first-order valence-electron chi connectivity index (χ1n) is 11.1. The zero-order valence-electron chi connectivity index (χ0n) is 18.7. The fraction of sp³-hybridized carbons (Fsp3) is 0.375. The summed E-state index contributed by atoms with van der Waals surface area (Å²) in [6, 6.07) is 9.73. The number of anilines is 1. The molecule has 2 aromatic heterocycles. The van der Waals surface area contributed by atoms with Crippen LogP contribution in [-0.4, -0.2) is 61.2 Å². The van der Waals surface area contributed by atoms with Crippen LogP contribution in [0.5, 0.6) is 11.5 Å². The van der Waals surface area contributed by atoms with Crippen LogP contribution in [0.1, 0.15) is 24.3 Å². The Morgan fingerprint density at radius 3 is 2.97 bits per heavy atom. The highest BCUT2D eigenvalue weighted by Gasteiger charge is 2.32. The van der Waals surface area contributed by atoms with Gasteiger partial charge in [0, 0.05) is 30.7 Å². The monoisotopic (exact) mass is 499 g/mol. The summed E-state index contributed by atoms with van der Waals surface area (Å²) in [7, 11) is 1.61. The van der Waals surface area contributed by atoms with Gasteiger partial charge in [0.1, 0.15) is 6.10 Å². The largest absolute Gasteiger partial charge is 0.493 e. The molecule has 0 unspecified atom stereocenters. The molecule has 0 spiro atoms. The smallest absolute Gasteiger partial charge is 0.245 e. The van der Waals surface area contributed by atoms with Gasteiger partial charge in [0.2, 0.25) is 11.8 Å². The molecule has 34 heavy (non-hydrogen) atoms. The minimum Gasteiger partial charge on any atom is -0.493 e. The number of nitrogens with zero attached hydrogens (tertiary/aromatic N) is 2. The van der Waals surface area contributed by atoms with E-state index in [9.17, 15) is 9.59 Å². The first kappa shape index (κ1) is 22.8. The van der Waals surface area contributed by atoms with Crippen molar-refractivity contribution in [3.8, 4) is 22.1 Å². The van der Waals surface area contributed by atoms with Crippen molar-refractivity contribution in [3.05, 3.63) is 46.7 Å². The van der Waals surface area contributed by atoms with Crippen molar-refractivity contribution < 1.29 is 23.8 Å². The van der Waals surface area contributed by atoms with Crippen molar-refractivity contribution in [1.82, 2.24) is 9.88 Å². The summed E-state index contributed by atoms with van der Waals surface area (Å²) in [5.41, 5.74) is 1.83. The van der Waals surface area contributed by atoms with E-state index in [0.29, 0.717) is 42.8 Å². The van der Waals surface area contributed by atoms with E-state index in [4.69, 9.17) is 14.2 Å². The van der Waals surface area contributed by atoms with Crippen LogP contribution in [0.15, 0.2) is 41.1 Å². The second-order valence-electron chi connectivity index (χ2n) is 8.25. The Morgan fingerprint density at radius 2 is 2.21 bits per heavy atom. The molecule has 0 bridgehead atoms. The van der Waals surface area contributed by atoms with Gasteiger partial charge >= 0.3 is 0 Å². The van der Waals surface area contributed by atoms with Crippen LogP contribution in [0.3, 0.4) is 0 Å². The van der Waals surface area contributed by atoms with Gasteiger partial charge in [-0.1, -0.05) is 12.1 Å². The lowest BCUT2D eigenvalue weighted by Crippen LogP contribution is -2.34. The molecule has 1 aromatic carbocycles. The van der Waals surface area contributed by atoms with E-state index in [0.717, 1.165) is 22.6 Å². The number of amides is 2. The molecule has 2 fully saturated rings. The lowest BCUT2D eigenvalue weighted by molar-refractivity contribution is -0.131. The number of thiophene rings is 1. The number of carbonyl (C=O) groups is 2. The van der Waals surface area contributed by atoms with E-state index >= 15 is 0 Å². The minimum atomic E-state index is -0.249. The van der Waals surface area contributed by atoms with Crippen molar-refractivity contribution in [2.75, 3.05) is 38.7 Å². The Labute approximate surface area is 205 Å². The molecule has 2 atom stereocenters. The maximum Gasteiger partial charge on any atom is 0.245 e. The van der Waals surface area contributed by atoms with Gasteiger partial charge in [0.25, 0.3) is 0 Å². The number of aromatic nitrogens is 1. The number of hydrogen-bond acceptors (Lipinski definition) is 8. The quantitative estimate of drug-likeness (QED) is 0.504. The van der Waals surface area contributed by atoms with Crippen LogP contribution in [0, 0.1) is 0 Å². The number of likely N-dealkylation sites (tertiary alicyclic amines) is 1. The number of benzene rings is 1. The molecule has 0 saturated carbocycles. The van der Waals surface area contributed by atoms with Gasteiger partial charge < -0.3 is 24.4 Å². The Balaban J connectivity index is 1.21. The molecule has 2 amide bonds. The molecule has 0 aliphatic carbocycles. The van der Waals surface area contributed by atoms with Gasteiger partial charge in [-0.25, -0.2) is 4.98 Å². The number of nitrogens with one attached hydrogen (secondary N) is 1. The predicted molar refractivity (Wildman–Crippen MR) is 131 cm³/mol. The molecule has 4 heterocycles. The number of methoxy groups -OCH3 is 1. The van der Waals surface area contributed by atoms with Crippen molar-refractivity contribution in [2.45, 2.75) is 24.9 Å². The van der Waals surface area contributed by atoms with E-state index in [-0.39, 0.29) is 30.4 Å². The highest BCUT2D eigenvalue weighted by atomic mass is 32.1. The molecule has 8 nitrogen and oxygen atoms in total. The molecule has 2 aliphatic heterocycles. The number of rotatable bonds is 8. The van der Waals surface area contributed by atoms with E-state index in [1.54, 1.807) is 23.3 Å². The second-order valence-corrected chi connectivity index (χ2v) is 10.1. The maximum atomic E-state index is 12.7. The first-order valence-corrected chi connectivity index (χ1v) is 12.8. The highest BCUT2D eigenvalue weighted by Crippen LogP contribution is 2.36. The van der Waals surface area contributed by atoms with Crippen molar-refractivity contribution in [1.29, 1.82) is 0 Å². The molecular weight excluding hydrogens is 474 g/mol. The number of hydrogen-bond donors (Lipinski definition) is 1. The minimum absolute atomic E-state index is 0.000692. The third-order valence-corrected chi connectivity index (χ3v) is 7.56. The molecule has 10 heteroatoms. The average molecular weight is 500 g/mol. The lowest BCUT2D eigenvalue weighted by Gasteiger charge is -2.18. The Bertz CT molecular complexity index is 1160. The topological polar surface area (TPSA) is 90.0 Å². The van der Waals surface area contributed by atoms with Crippen LogP contribution in [0.4, 0.5) is 5.13 Å². The number of ether oxygens (including phenoxy) is 3. The van der Waals surface area contributed by atoms with Crippen LogP contribution >= 0.6 is 22.7 Å². The fourth-order valence-corrected chi connectivity index (χ4v) is 5.66. The number of thiazole rings is 1. The van der Waals surface area contributed by atoms with Crippen LogP contribution in [0.2, 0.25) is 0 Å². The van der Waals surface area contributed by atoms with Gasteiger partial charge in [-0.3, -0.25) is 9.59 Å². The standard InChI is InChI=1S/C24H25N3O5S2/c1-30-19-5-4-15(9-20(19)32-17-6-7-31-13-17)16-10-23(29)27(11-16)12-22(28)26-24-25-18(14-34-24)21-3-2-8-33-21/h2-5,8-9,14,16-17H,6-7,10-13H2,1H3,(H,25,26,28)/t16-,17-/m1/s1. The Morgan fingerprint density at radius 1 is 1.29 bits per heavy atom. The van der Waals surface area contributed by atoms with E-state index in [1.165, 1.54) is 11.3 Å². The Hall–Kier alpha value is -2.95. The van der Waals surface area contributed by atoms with E-state index < -0.39 is 0 Å². The summed E-state index contributed by atoms with van der Waals surface area (Å²) in [6.45, 7) is 1.73. The molecular formula is C24H25N3O5S2. The molecule has 3 aromatic rings. The number of carbonyl (C=O) groups excluding carboxylic acids is 2. The third-order valence-electron chi connectivity index (χ3n) is 5.91. The zero-order chi connectivity index (χ0) is 23.5. The summed E-state index contributed by atoms with van der Waals surface area (Å²) < 4.78 is 16.9. The van der Waals surface area contributed by atoms with Crippen molar-refractivity contribution in [3.63, 3.8) is 0 Å². The van der Waals surface area contributed by atoms with Gasteiger partial charge in [-0.2, -0.15) is 0 Å². The van der Waals surface area contributed by atoms with E-state index in [1.807, 2.05) is 41.1 Å². The van der Waals surface area contributed by atoms with Gasteiger partial charge in [0.05, 0.1) is 37.4 Å². The van der Waals surface area contributed by atoms with Crippen LogP contribution in [0.25, 0.3) is 10.6 Å². The summed E-state index contributed by atoms with van der Waals surface area (Å²) in [5.74, 6) is 1.01. The van der Waals surface area contributed by atoms with Crippen LogP contribution in [-0.2, 0) is 14.3 Å². The molecule has 5 rings (SSSR count). The SMILES string of the molecule is COc1ccc([C@@H]2CC(=O)N(CC(=O)Nc3nc(-c4cccs4)cs3)C2)cc1O[C@@H]1CCOC1. The maximum absolute atomic E-state index is 12.7. The summed E-state index contributed by atoms with van der Waals surface area (Å²) in [6.07, 6.45) is 1.19. The van der Waals surface area contributed by atoms with Crippen molar-refractivity contribution in [2.24, 2.45) is 0 Å². The van der Waals surface area contributed by atoms with Gasteiger partial charge in [-0.15, -0.1) is 22.7 Å². The van der Waals surface area contributed by atoms with Gasteiger partial charge in [-0.05, 0) is 29.1 Å². The predicted octanol–water partition coefficient (Wildman–Crippen LogP) is 4.00. The molecule has 2 aliphatic rings. The summed E-state index contributed by atoms with van der Waals surface area (Å²) in [4.78, 5) is 32.4. The first-order chi connectivity index (χ1) is 16.6. The third kappa shape index (κ3) is 5.08. The molecule has 178 valence electrons. The normalized spacial score (nSPS) is 20.0. The Kier molecular flexibility index (Phi) is 6.80. The molecule has 1 N–H and O–H groups in total. The molecule has 0 radical (unpaired) electrons. The van der Waals surface area contributed by atoms with Crippen molar-refractivity contribution >= 4 is 39.6 Å². The van der Waals surface area contributed by atoms with E-state index in [2.05, 4.69) is 10.3 Å². The summed E-state index contributed by atoms with van der Waals surface area (Å²) >= 11 is 2.98. The van der Waals surface area contributed by atoms with Crippen LogP contribution < -0.4 is 14.8 Å². The average Bonchev–Trinajstić information content (AvgIpc) is 3.63. The van der Waals surface area contributed by atoms with Gasteiger partial charge in [0.15, 0.2) is 16.6 Å². The summed E-state index contributed by atoms with van der Waals surface area (Å²) in [5, 5.41) is 7.26.